The van der Waals surface area contributed by atoms with Gasteiger partial charge in [0.15, 0.2) is 0 Å². The van der Waals surface area contributed by atoms with Gasteiger partial charge in [0, 0.05) is 30.4 Å². The Balaban J connectivity index is 1.51. The number of benzene rings is 1. The summed E-state index contributed by atoms with van der Waals surface area (Å²) in [5.74, 6) is 0.795. The fourth-order valence-electron chi connectivity index (χ4n) is 3.69. The van der Waals surface area contributed by atoms with Gasteiger partial charge in [0.1, 0.15) is 0 Å². The third-order valence-electron chi connectivity index (χ3n) is 5.40. The van der Waals surface area contributed by atoms with Crippen LogP contribution in [0.4, 0.5) is 10.5 Å². The van der Waals surface area contributed by atoms with E-state index in [2.05, 4.69) is 17.6 Å². The number of hydrogen-bond donors (Lipinski definition) is 2. The van der Waals surface area contributed by atoms with Gasteiger partial charge in [-0.1, -0.05) is 26.2 Å². The maximum Gasteiger partial charge on any atom is 0.319 e. The Labute approximate surface area is 150 Å². The molecular formula is C20H29N3O2. The molecule has 0 atom stereocenters. The normalized spacial score (nSPS) is 19.5. The third kappa shape index (κ3) is 4.97. The second-order valence-corrected chi connectivity index (χ2v) is 7.49. The molecule has 1 aliphatic heterocycles. The van der Waals surface area contributed by atoms with Gasteiger partial charge in [0.2, 0.25) is 0 Å². The second-order valence-electron chi connectivity index (χ2n) is 7.49. The average Bonchev–Trinajstić information content (AvgIpc) is 2.63. The molecule has 1 saturated carbocycles. The van der Waals surface area contributed by atoms with E-state index in [4.69, 9.17) is 0 Å². The number of rotatable bonds is 3. The minimum atomic E-state index is -0.156. The van der Waals surface area contributed by atoms with E-state index >= 15 is 0 Å². The molecule has 136 valence electrons. The number of nitrogens with zero attached hydrogens (tertiary/aromatic N) is 1. The zero-order valence-electron chi connectivity index (χ0n) is 15.1. The van der Waals surface area contributed by atoms with Crippen molar-refractivity contribution in [1.29, 1.82) is 0 Å². The molecule has 1 heterocycles. The van der Waals surface area contributed by atoms with Crippen molar-refractivity contribution >= 4 is 17.6 Å². The van der Waals surface area contributed by atoms with E-state index < -0.39 is 0 Å². The van der Waals surface area contributed by atoms with Crippen molar-refractivity contribution in [2.75, 3.05) is 18.4 Å². The van der Waals surface area contributed by atoms with Gasteiger partial charge in [0.25, 0.3) is 5.91 Å². The van der Waals surface area contributed by atoms with Crippen molar-refractivity contribution in [1.82, 2.24) is 10.2 Å². The first-order valence-corrected chi connectivity index (χ1v) is 9.58. The van der Waals surface area contributed by atoms with Crippen LogP contribution in [0.1, 0.15) is 62.2 Å². The maximum atomic E-state index is 12.5. The van der Waals surface area contributed by atoms with Crippen molar-refractivity contribution in [3.8, 4) is 0 Å². The van der Waals surface area contributed by atoms with E-state index in [1.165, 1.54) is 19.3 Å². The van der Waals surface area contributed by atoms with Crippen molar-refractivity contribution in [2.24, 2.45) is 5.92 Å². The summed E-state index contributed by atoms with van der Waals surface area (Å²) < 4.78 is 0. The summed E-state index contributed by atoms with van der Waals surface area (Å²) in [7, 11) is 0. The van der Waals surface area contributed by atoms with Crippen LogP contribution < -0.4 is 10.6 Å². The fourth-order valence-corrected chi connectivity index (χ4v) is 3.69. The van der Waals surface area contributed by atoms with Gasteiger partial charge < -0.3 is 15.5 Å². The van der Waals surface area contributed by atoms with Gasteiger partial charge in [-0.3, -0.25) is 4.79 Å². The van der Waals surface area contributed by atoms with Gasteiger partial charge in [-0.05, 0) is 55.9 Å². The molecule has 25 heavy (non-hydrogen) atoms. The summed E-state index contributed by atoms with van der Waals surface area (Å²) >= 11 is 0. The first kappa shape index (κ1) is 17.8. The molecule has 1 saturated heterocycles. The second kappa shape index (κ2) is 8.37. The number of hydrogen-bond acceptors (Lipinski definition) is 2. The molecule has 1 aliphatic carbocycles. The molecule has 5 nitrogen and oxygen atoms in total. The Morgan fingerprint density at radius 1 is 0.960 bits per heavy atom. The Bertz CT molecular complexity index is 585. The van der Waals surface area contributed by atoms with Crippen LogP contribution >= 0.6 is 0 Å². The Hall–Kier alpha value is -2.04. The number of carbonyl (C=O) groups excluding carboxylic acids is 2. The van der Waals surface area contributed by atoms with E-state index in [1.54, 1.807) is 24.3 Å². The van der Waals surface area contributed by atoms with Crippen molar-refractivity contribution in [3.63, 3.8) is 0 Å². The number of carbonyl (C=O) groups is 2. The van der Waals surface area contributed by atoms with Crippen LogP contribution in [-0.2, 0) is 0 Å². The average molecular weight is 343 g/mol. The molecule has 5 heteroatoms. The van der Waals surface area contributed by atoms with Crippen molar-refractivity contribution < 1.29 is 9.59 Å². The molecule has 0 bridgehead atoms. The van der Waals surface area contributed by atoms with E-state index in [0.717, 1.165) is 44.5 Å². The Morgan fingerprint density at radius 3 is 2.24 bits per heavy atom. The van der Waals surface area contributed by atoms with Crippen LogP contribution in [0.3, 0.4) is 0 Å². The Morgan fingerprint density at radius 2 is 1.60 bits per heavy atom. The van der Waals surface area contributed by atoms with Crippen LogP contribution in [0.25, 0.3) is 0 Å². The first-order valence-electron chi connectivity index (χ1n) is 9.58. The molecule has 0 spiro atoms. The largest absolute Gasteiger partial charge is 0.339 e. The number of nitrogens with one attached hydrogen (secondary N) is 2. The fraction of sp³-hybridized carbons (Fsp3) is 0.600. The van der Waals surface area contributed by atoms with Crippen molar-refractivity contribution in [2.45, 2.75) is 57.9 Å². The van der Waals surface area contributed by atoms with Crippen LogP contribution in [-0.4, -0.2) is 36.0 Å². The molecule has 2 fully saturated rings. The molecule has 2 aliphatic rings. The predicted octanol–water partition coefficient (Wildman–Crippen LogP) is 4.01. The van der Waals surface area contributed by atoms with Gasteiger partial charge in [-0.2, -0.15) is 0 Å². The number of anilines is 1. The molecule has 3 rings (SSSR count). The number of likely N-dealkylation sites (tertiary alicyclic amines) is 1. The highest BCUT2D eigenvalue weighted by Gasteiger charge is 2.21. The molecule has 1 aromatic carbocycles. The molecule has 2 N–H and O–H groups in total. The smallest absolute Gasteiger partial charge is 0.319 e. The summed E-state index contributed by atoms with van der Waals surface area (Å²) in [6, 6.07) is 7.35. The van der Waals surface area contributed by atoms with E-state index in [9.17, 15) is 9.59 Å². The summed E-state index contributed by atoms with van der Waals surface area (Å²) in [4.78, 5) is 26.5. The lowest BCUT2D eigenvalue weighted by molar-refractivity contribution is 0.0697. The van der Waals surface area contributed by atoms with Crippen LogP contribution in [0.15, 0.2) is 24.3 Å². The topological polar surface area (TPSA) is 61.4 Å². The SMILES string of the molecule is CC1CCN(C(=O)c2ccc(NC(=O)NC3CCCCC3)cc2)CC1. The zero-order valence-corrected chi connectivity index (χ0v) is 15.1. The summed E-state index contributed by atoms with van der Waals surface area (Å²) in [5, 5.41) is 5.90. The van der Waals surface area contributed by atoms with Crippen LogP contribution in [0.5, 0.6) is 0 Å². The summed E-state index contributed by atoms with van der Waals surface area (Å²) in [5.41, 5.74) is 1.41. The highest BCUT2D eigenvalue weighted by atomic mass is 16.2. The lowest BCUT2D eigenvalue weighted by atomic mass is 9.96. The molecule has 1 aromatic rings. The van der Waals surface area contributed by atoms with Gasteiger partial charge in [-0.15, -0.1) is 0 Å². The first-order chi connectivity index (χ1) is 12.1. The molecule has 0 unspecified atom stereocenters. The van der Waals surface area contributed by atoms with Gasteiger partial charge in [0.05, 0.1) is 0 Å². The minimum Gasteiger partial charge on any atom is -0.339 e. The standard InChI is InChI=1S/C20H29N3O2/c1-15-11-13-23(14-12-15)19(24)16-7-9-18(10-8-16)22-20(25)21-17-5-3-2-4-6-17/h7-10,15,17H,2-6,11-14H2,1H3,(H2,21,22,25). The van der Waals surface area contributed by atoms with Gasteiger partial charge >= 0.3 is 6.03 Å². The summed E-state index contributed by atoms with van der Waals surface area (Å²) in [6.45, 7) is 3.91. The van der Waals surface area contributed by atoms with E-state index in [0.29, 0.717) is 11.5 Å². The third-order valence-corrected chi connectivity index (χ3v) is 5.40. The Kier molecular flexibility index (Phi) is 5.95. The quantitative estimate of drug-likeness (QED) is 0.871. The maximum absolute atomic E-state index is 12.5. The monoisotopic (exact) mass is 343 g/mol. The van der Waals surface area contributed by atoms with E-state index in [-0.39, 0.29) is 18.0 Å². The zero-order chi connectivity index (χ0) is 17.6. The number of amides is 3. The number of urea groups is 1. The molecule has 0 aromatic heterocycles. The van der Waals surface area contributed by atoms with E-state index in [1.807, 2.05) is 4.90 Å². The highest BCUT2D eigenvalue weighted by molar-refractivity contribution is 5.95. The number of piperidine rings is 1. The molecule has 0 radical (unpaired) electrons. The molecular weight excluding hydrogens is 314 g/mol. The van der Waals surface area contributed by atoms with Gasteiger partial charge in [-0.25, -0.2) is 4.79 Å². The predicted molar refractivity (Wildman–Crippen MR) is 99.8 cm³/mol. The lowest BCUT2D eigenvalue weighted by Crippen LogP contribution is -2.39. The highest BCUT2D eigenvalue weighted by Crippen LogP contribution is 2.20. The lowest BCUT2D eigenvalue weighted by Gasteiger charge is -2.30. The molecule has 3 amide bonds. The summed E-state index contributed by atoms with van der Waals surface area (Å²) in [6.07, 6.45) is 7.93. The van der Waals surface area contributed by atoms with Crippen LogP contribution in [0, 0.1) is 5.92 Å². The van der Waals surface area contributed by atoms with Crippen LogP contribution in [0.2, 0.25) is 0 Å². The minimum absolute atomic E-state index is 0.0881. The van der Waals surface area contributed by atoms with Crippen molar-refractivity contribution in [3.05, 3.63) is 29.8 Å².